The van der Waals surface area contributed by atoms with E-state index in [4.69, 9.17) is 0 Å². The van der Waals surface area contributed by atoms with Crippen LogP contribution in [0.1, 0.15) is 31.9 Å². The summed E-state index contributed by atoms with van der Waals surface area (Å²) in [5.74, 6) is -0.586. The first-order chi connectivity index (χ1) is 8.79. The lowest BCUT2D eigenvalue weighted by molar-refractivity contribution is -0.137. The highest BCUT2D eigenvalue weighted by molar-refractivity contribution is 6.12. The van der Waals surface area contributed by atoms with Gasteiger partial charge in [-0.3, -0.25) is 14.5 Å². The van der Waals surface area contributed by atoms with Gasteiger partial charge in [-0.1, -0.05) is 26.8 Å². The highest BCUT2D eigenvalue weighted by Crippen LogP contribution is 2.28. The molecule has 100 valence electrons. The summed E-state index contributed by atoms with van der Waals surface area (Å²) in [5, 5.41) is 9.86. The molecule has 0 spiro atoms. The number of imide groups is 1. The van der Waals surface area contributed by atoms with E-state index < -0.39 is 0 Å². The first-order valence-corrected chi connectivity index (χ1v) is 6.15. The van der Waals surface area contributed by atoms with Crippen LogP contribution in [0.4, 0.5) is 0 Å². The van der Waals surface area contributed by atoms with Crippen LogP contribution in [0.25, 0.3) is 0 Å². The topological polar surface area (TPSA) is 57.6 Å². The third kappa shape index (κ3) is 2.67. The molecule has 0 aromatic heterocycles. The Bertz CT molecular complexity index is 549. The molecule has 0 saturated carbocycles. The lowest BCUT2D eigenvalue weighted by Crippen LogP contribution is -2.29. The second kappa shape index (κ2) is 4.53. The monoisotopic (exact) mass is 259 g/mol. The number of benzene rings is 1. The van der Waals surface area contributed by atoms with Crippen LogP contribution in [-0.4, -0.2) is 21.8 Å². The standard InChI is InChI=1S/C15H17NO3/c1-15(2,3)11-4-5-12(17)10(8-11)9-16-13(18)6-7-14(16)19/h4-8,17H,9H2,1-3H3. The summed E-state index contributed by atoms with van der Waals surface area (Å²) in [6.07, 6.45) is 2.49. The molecule has 2 amide bonds. The van der Waals surface area contributed by atoms with Crippen molar-refractivity contribution >= 4 is 11.8 Å². The van der Waals surface area contributed by atoms with E-state index in [9.17, 15) is 14.7 Å². The third-order valence-corrected chi connectivity index (χ3v) is 3.17. The van der Waals surface area contributed by atoms with E-state index in [1.54, 1.807) is 6.07 Å². The average molecular weight is 259 g/mol. The van der Waals surface area contributed by atoms with Crippen LogP contribution in [0.5, 0.6) is 5.75 Å². The first kappa shape index (κ1) is 13.3. The van der Waals surface area contributed by atoms with Crippen molar-refractivity contribution in [2.24, 2.45) is 0 Å². The van der Waals surface area contributed by atoms with Crippen molar-refractivity contribution in [3.63, 3.8) is 0 Å². The van der Waals surface area contributed by atoms with Crippen molar-refractivity contribution in [1.29, 1.82) is 0 Å². The molecule has 0 saturated heterocycles. The molecule has 1 aliphatic heterocycles. The summed E-state index contributed by atoms with van der Waals surface area (Å²) in [6.45, 7) is 6.30. The zero-order valence-electron chi connectivity index (χ0n) is 11.3. The molecule has 4 heteroatoms. The Morgan fingerprint density at radius 1 is 1.11 bits per heavy atom. The number of phenolic OH excluding ortho intramolecular Hbond substituents is 1. The average Bonchev–Trinajstić information content (AvgIpc) is 2.62. The minimum absolute atomic E-state index is 0.0558. The van der Waals surface area contributed by atoms with Crippen LogP contribution in [-0.2, 0) is 21.5 Å². The Labute approximate surface area is 112 Å². The first-order valence-electron chi connectivity index (χ1n) is 6.15. The maximum absolute atomic E-state index is 11.5. The predicted octanol–water partition coefficient (Wildman–Crippen LogP) is 2.11. The smallest absolute Gasteiger partial charge is 0.253 e. The summed E-state index contributed by atoms with van der Waals surface area (Å²) < 4.78 is 0. The van der Waals surface area contributed by atoms with Crippen LogP contribution in [0.3, 0.4) is 0 Å². The maximum atomic E-state index is 11.5. The second-order valence-corrected chi connectivity index (χ2v) is 5.69. The number of phenols is 1. The van der Waals surface area contributed by atoms with E-state index in [1.807, 2.05) is 12.1 Å². The molecule has 19 heavy (non-hydrogen) atoms. The van der Waals surface area contributed by atoms with Crippen molar-refractivity contribution in [3.05, 3.63) is 41.5 Å². The van der Waals surface area contributed by atoms with Crippen LogP contribution in [0.15, 0.2) is 30.4 Å². The lowest BCUT2D eigenvalue weighted by Gasteiger charge is -2.21. The van der Waals surface area contributed by atoms with Gasteiger partial charge in [-0.15, -0.1) is 0 Å². The van der Waals surface area contributed by atoms with Crippen molar-refractivity contribution in [2.75, 3.05) is 0 Å². The maximum Gasteiger partial charge on any atom is 0.253 e. The number of amides is 2. The zero-order chi connectivity index (χ0) is 14.2. The SMILES string of the molecule is CC(C)(C)c1ccc(O)c(CN2C(=O)C=CC2=O)c1. The number of nitrogens with zero attached hydrogens (tertiary/aromatic N) is 1. The number of hydrogen-bond donors (Lipinski definition) is 1. The van der Waals surface area contributed by atoms with E-state index in [0.29, 0.717) is 5.56 Å². The van der Waals surface area contributed by atoms with Gasteiger partial charge in [-0.05, 0) is 23.1 Å². The van der Waals surface area contributed by atoms with Gasteiger partial charge in [0.1, 0.15) is 5.75 Å². The quantitative estimate of drug-likeness (QED) is 0.828. The van der Waals surface area contributed by atoms with Crippen LogP contribution in [0, 0.1) is 0 Å². The molecule has 1 N–H and O–H groups in total. The van der Waals surface area contributed by atoms with E-state index in [2.05, 4.69) is 20.8 Å². The van der Waals surface area contributed by atoms with Gasteiger partial charge >= 0.3 is 0 Å². The fraction of sp³-hybridized carbons (Fsp3) is 0.333. The van der Waals surface area contributed by atoms with Gasteiger partial charge in [0, 0.05) is 17.7 Å². The lowest BCUT2D eigenvalue weighted by atomic mass is 9.86. The molecule has 4 nitrogen and oxygen atoms in total. The van der Waals surface area contributed by atoms with E-state index in [0.717, 1.165) is 10.5 Å². The number of hydrogen-bond acceptors (Lipinski definition) is 3. The predicted molar refractivity (Wildman–Crippen MR) is 71.5 cm³/mol. The Kier molecular flexibility index (Phi) is 3.18. The number of aromatic hydroxyl groups is 1. The zero-order valence-corrected chi connectivity index (χ0v) is 11.3. The van der Waals surface area contributed by atoms with Crippen LogP contribution < -0.4 is 0 Å². The fourth-order valence-electron chi connectivity index (χ4n) is 1.94. The number of carbonyl (C=O) groups is 2. The van der Waals surface area contributed by atoms with Crippen molar-refractivity contribution in [2.45, 2.75) is 32.7 Å². The molecule has 2 rings (SSSR count). The molecule has 1 aromatic carbocycles. The van der Waals surface area contributed by atoms with Gasteiger partial charge in [-0.25, -0.2) is 0 Å². The minimum Gasteiger partial charge on any atom is -0.508 e. The van der Waals surface area contributed by atoms with Crippen LogP contribution >= 0.6 is 0 Å². The van der Waals surface area contributed by atoms with Gasteiger partial charge in [-0.2, -0.15) is 0 Å². The summed E-state index contributed by atoms with van der Waals surface area (Å²) in [5.41, 5.74) is 1.57. The highest BCUT2D eigenvalue weighted by Gasteiger charge is 2.25. The van der Waals surface area contributed by atoms with Crippen LogP contribution in [0.2, 0.25) is 0 Å². The highest BCUT2D eigenvalue weighted by atomic mass is 16.3. The Balaban J connectivity index is 2.30. The molecule has 0 bridgehead atoms. The number of carbonyl (C=O) groups excluding carboxylic acids is 2. The van der Waals surface area contributed by atoms with Gasteiger partial charge in [0.2, 0.25) is 0 Å². The van der Waals surface area contributed by atoms with Gasteiger partial charge < -0.3 is 5.11 Å². The Morgan fingerprint density at radius 2 is 1.68 bits per heavy atom. The molecular formula is C15H17NO3. The van der Waals surface area contributed by atoms with E-state index in [-0.39, 0.29) is 29.5 Å². The van der Waals surface area contributed by atoms with Crippen molar-refractivity contribution in [1.82, 2.24) is 4.90 Å². The molecule has 1 heterocycles. The molecule has 0 unspecified atom stereocenters. The fourth-order valence-corrected chi connectivity index (χ4v) is 1.94. The summed E-state index contributed by atoms with van der Waals surface area (Å²) in [6, 6.07) is 5.30. The van der Waals surface area contributed by atoms with E-state index >= 15 is 0 Å². The van der Waals surface area contributed by atoms with Gasteiger partial charge in [0.25, 0.3) is 11.8 Å². The van der Waals surface area contributed by atoms with Crippen molar-refractivity contribution < 1.29 is 14.7 Å². The molecule has 0 atom stereocenters. The largest absolute Gasteiger partial charge is 0.508 e. The second-order valence-electron chi connectivity index (χ2n) is 5.69. The van der Waals surface area contributed by atoms with Crippen molar-refractivity contribution in [3.8, 4) is 5.75 Å². The third-order valence-electron chi connectivity index (χ3n) is 3.17. The Morgan fingerprint density at radius 3 is 2.21 bits per heavy atom. The molecule has 0 aliphatic carbocycles. The summed E-state index contributed by atoms with van der Waals surface area (Å²) in [4.78, 5) is 24.2. The molecule has 1 aromatic rings. The normalized spacial score (nSPS) is 15.4. The summed E-state index contributed by atoms with van der Waals surface area (Å²) >= 11 is 0. The molecule has 0 fully saturated rings. The van der Waals surface area contributed by atoms with E-state index in [1.165, 1.54) is 12.2 Å². The Hall–Kier alpha value is -2.10. The molecular weight excluding hydrogens is 242 g/mol. The molecule has 1 aliphatic rings. The van der Waals surface area contributed by atoms with Gasteiger partial charge in [0.05, 0.1) is 6.54 Å². The summed E-state index contributed by atoms with van der Waals surface area (Å²) in [7, 11) is 0. The van der Waals surface area contributed by atoms with Gasteiger partial charge in [0.15, 0.2) is 0 Å². The number of rotatable bonds is 2. The molecule has 0 radical (unpaired) electrons. The minimum atomic E-state index is -0.342.